The average Bonchev–Trinajstić information content (AvgIpc) is 2.25. The van der Waals surface area contributed by atoms with E-state index in [1.165, 1.54) is 6.07 Å². The maximum atomic E-state index is 12.6. The van der Waals surface area contributed by atoms with Crippen LogP contribution in [0.1, 0.15) is 40.3 Å². The topological polar surface area (TPSA) is 79.3 Å². The van der Waals surface area contributed by atoms with Gasteiger partial charge in [0.25, 0.3) is 10.0 Å². The van der Waals surface area contributed by atoms with E-state index in [1.807, 2.05) is 33.9 Å². The monoisotopic (exact) mass is 330 g/mol. The third kappa shape index (κ3) is 4.35. The number of nitrogens with one attached hydrogen (secondary N) is 1. The Morgan fingerprint density at radius 2 is 1.67 bits per heavy atom. The molecule has 1 heterocycles. The van der Waals surface area contributed by atoms with E-state index in [-0.39, 0.29) is 10.1 Å². The van der Waals surface area contributed by atoms with Crippen LogP contribution in [0.3, 0.4) is 0 Å². The van der Waals surface area contributed by atoms with Crippen molar-refractivity contribution in [2.24, 2.45) is 0 Å². The molecule has 7 heteroatoms. The number of rotatable bonds is 4. The van der Waals surface area contributed by atoms with Crippen LogP contribution in [0, 0.1) is 0 Å². The molecule has 2 N–H and O–H groups in total. The van der Waals surface area contributed by atoms with E-state index in [1.54, 1.807) is 26.0 Å². The average molecular weight is 331 g/mol. The van der Waals surface area contributed by atoms with Gasteiger partial charge in [0.2, 0.25) is 0 Å². The molecule has 0 amide bonds. The molecule has 0 atom stereocenters. The van der Waals surface area contributed by atoms with Gasteiger partial charge in [-0.25, -0.2) is 17.8 Å². The predicted molar refractivity (Wildman–Crippen MR) is 87.0 cm³/mol. The van der Waals surface area contributed by atoms with Crippen LogP contribution >= 0.6 is 0 Å². The molecule has 0 spiro atoms. The Morgan fingerprint density at radius 1 is 1.14 bits per heavy atom. The van der Waals surface area contributed by atoms with Gasteiger partial charge in [-0.2, -0.15) is 0 Å². The Balaban J connectivity index is 3.22. The van der Waals surface area contributed by atoms with Gasteiger partial charge in [0.05, 0.1) is 5.69 Å². The minimum absolute atomic E-state index is 0.0491. The summed E-state index contributed by atoms with van der Waals surface area (Å²) in [6.45, 7) is 13.2. The molecule has 0 bridgehead atoms. The lowest BCUT2D eigenvalue weighted by atomic mass is 10.1. The van der Waals surface area contributed by atoms with Gasteiger partial charge in [0.15, 0.2) is 5.03 Å². The zero-order valence-corrected chi connectivity index (χ0v) is 15.7. The molecule has 5 nitrogen and oxygen atoms in total. The van der Waals surface area contributed by atoms with E-state index in [2.05, 4.69) is 9.37 Å². The zero-order valence-electron chi connectivity index (χ0n) is 13.9. The Morgan fingerprint density at radius 3 is 2.10 bits per heavy atom. The number of aromatic nitrogens is 1. The van der Waals surface area contributed by atoms with Crippen molar-refractivity contribution in [3.8, 4) is 0 Å². The number of hydrogen-bond acceptors (Lipinski definition) is 4. The SMILES string of the molecule is CC(C)(O)c1cccc(S(=O)(=O)N[Si](C)(C)C(C)(C)C)n1. The number of aliphatic hydroxyl groups is 1. The van der Waals surface area contributed by atoms with Gasteiger partial charge in [-0.3, -0.25) is 0 Å². The Labute approximate surface area is 129 Å². The molecule has 0 aromatic carbocycles. The van der Waals surface area contributed by atoms with Crippen LogP contribution in [-0.2, 0) is 15.6 Å². The molecule has 21 heavy (non-hydrogen) atoms. The molecule has 0 fully saturated rings. The van der Waals surface area contributed by atoms with E-state index in [9.17, 15) is 13.5 Å². The van der Waals surface area contributed by atoms with Gasteiger partial charge in [-0.05, 0) is 31.0 Å². The summed E-state index contributed by atoms with van der Waals surface area (Å²) >= 11 is 0. The first-order chi connectivity index (χ1) is 9.17. The molecule has 1 rings (SSSR count). The quantitative estimate of drug-likeness (QED) is 0.832. The lowest BCUT2D eigenvalue weighted by molar-refractivity contribution is 0.0732. The molecule has 1 aromatic rings. The highest BCUT2D eigenvalue weighted by Gasteiger charge is 2.40. The standard InChI is InChI=1S/C14H26N2O3SSi/c1-13(2,3)21(6,7)16-20(18,19)12-10-8-9-11(15-12)14(4,5)17/h8-10,16-17H,1-7H3. The van der Waals surface area contributed by atoms with E-state index < -0.39 is 23.9 Å². The van der Waals surface area contributed by atoms with Crippen LogP contribution in [0.4, 0.5) is 0 Å². The second-order valence-corrected chi connectivity index (χ2v) is 14.4. The van der Waals surface area contributed by atoms with Crippen LogP contribution in [0.5, 0.6) is 0 Å². The fourth-order valence-corrected chi connectivity index (χ4v) is 6.25. The lowest BCUT2D eigenvalue weighted by Crippen LogP contribution is -2.54. The summed E-state index contributed by atoms with van der Waals surface area (Å²) in [5.41, 5.74) is -0.844. The Bertz CT molecular complexity index is 614. The van der Waals surface area contributed by atoms with Gasteiger partial charge in [0.1, 0.15) is 13.8 Å². The van der Waals surface area contributed by atoms with Crippen LogP contribution in [-0.4, -0.2) is 26.7 Å². The van der Waals surface area contributed by atoms with Crippen molar-refractivity contribution in [1.82, 2.24) is 9.37 Å². The summed E-state index contributed by atoms with van der Waals surface area (Å²) < 4.78 is 27.9. The maximum absolute atomic E-state index is 12.6. The summed E-state index contributed by atoms with van der Waals surface area (Å²) in [5.74, 6) is 0. The fraction of sp³-hybridized carbons (Fsp3) is 0.643. The Kier molecular flexibility index (Phi) is 4.75. The molecule has 0 aliphatic rings. The first kappa shape index (κ1) is 18.3. The molecular weight excluding hydrogens is 304 g/mol. The van der Waals surface area contributed by atoms with E-state index in [0.29, 0.717) is 5.69 Å². The van der Waals surface area contributed by atoms with E-state index in [4.69, 9.17) is 0 Å². The van der Waals surface area contributed by atoms with Crippen molar-refractivity contribution < 1.29 is 13.5 Å². The minimum atomic E-state index is -3.69. The van der Waals surface area contributed by atoms with Crippen molar-refractivity contribution in [2.45, 2.75) is 63.4 Å². The highest BCUT2D eigenvalue weighted by Crippen LogP contribution is 2.34. The zero-order chi connectivity index (χ0) is 16.7. The van der Waals surface area contributed by atoms with E-state index >= 15 is 0 Å². The molecule has 120 valence electrons. The van der Waals surface area contributed by atoms with Gasteiger partial charge in [0, 0.05) is 0 Å². The van der Waals surface area contributed by atoms with E-state index in [0.717, 1.165) is 0 Å². The van der Waals surface area contributed by atoms with Crippen LogP contribution < -0.4 is 4.39 Å². The number of nitrogens with zero attached hydrogens (tertiary/aromatic N) is 1. The molecule has 0 aliphatic carbocycles. The highest BCUT2D eigenvalue weighted by atomic mass is 32.2. The number of hydrogen-bond donors (Lipinski definition) is 2. The van der Waals surface area contributed by atoms with Crippen LogP contribution in [0.15, 0.2) is 23.2 Å². The van der Waals surface area contributed by atoms with Crippen molar-refractivity contribution in [2.75, 3.05) is 0 Å². The summed E-state index contributed by atoms with van der Waals surface area (Å²) in [5, 5.41) is 9.81. The summed E-state index contributed by atoms with van der Waals surface area (Å²) in [6.07, 6.45) is 0. The van der Waals surface area contributed by atoms with Gasteiger partial charge in [-0.15, -0.1) is 0 Å². The first-order valence-electron chi connectivity index (χ1n) is 6.91. The smallest absolute Gasteiger partial charge is 0.252 e. The highest BCUT2D eigenvalue weighted by molar-refractivity contribution is 7.90. The maximum Gasteiger partial charge on any atom is 0.252 e. The molecule has 0 aliphatic heterocycles. The molecule has 0 saturated heterocycles. The van der Waals surface area contributed by atoms with Gasteiger partial charge >= 0.3 is 0 Å². The summed E-state index contributed by atoms with van der Waals surface area (Å²) in [4.78, 5) is 4.10. The third-order valence-corrected chi connectivity index (χ3v) is 11.5. The largest absolute Gasteiger partial charge is 0.384 e. The second-order valence-electron chi connectivity index (χ2n) is 7.40. The Hall–Kier alpha value is -0.763. The summed E-state index contributed by atoms with van der Waals surface area (Å²) in [6, 6.07) is 4.66. The molecular formula is C14H26N2O3SSi. The number of sulfonamides is 1. The van der Waals surface area contributed by atoms with Crippen LogP contribution in [0.2, 0.25) is 18.1 Å². The summed E-state index contributed by atoms with van der Waals surface area (Å²) in [7, 11) is -5.92. The second kappa shape index (κ2) is 5.46. The van der Waals surface area contributed by atoms with Crippen LogP contribution in [0.25, 0.3) is 0 Å². The van der Waals surface area contributed by atoms with Gasteiger partial charge in [-0.1, -0.05) is 39.9 Å². The normalized spacial score (nSPS) is 14.3. The lowest BCUT2D eigenvalue weighted by Gasteiger charge is -2.36. The predicted octanol–water partition coefficient (Wildman–Crippen LogP) is 2.59. The molecule has 1 aromatic heterocycles. The third-order valence-electron chi connectivity index (χ3n) is 3.89. The number of pyridine rings is 1. The molecule has 0 unspecified atom stereocenters. The fourth-order valence-electron chi connectivity index (χ4n) is 1.45. The van der Waals surface area contributed by atoms with Gasteiger partial charge < -0.3 is 5.11 Å². The van der Waals surface area contributed by atoms with Crippen molar-refractivity contribution in [3.63, 3.8) is 0 Å². The first-order valence-corrected chi connectivity index (χ1v) is 11.4. The van der Waals surface area contributed by atoms with Crippen molar-refractivity contribution in [1.29, 1.82) is 0 Å². The minimum Gasteiger partial charge on any atom is -0.384 e. The molecule has 0 saturated carbocycles. The van der Waals surface area contributed by atoms with Crippen molar-refractivity contribution >= 4 is 18.3 Å². The van der Waals surface area contributed by atoms with Crippen molar-refractivity contribution in [3.05, 3.63) is 23.9 Å². The molecule has 0 radical (unpaired) electrons.